The highest BCUT2D eigenvalue weighted by molar-refractivity contribution is 6.35. The van der Waals surface area contributed by atoms with Gasteiger partial charge in [0.2, 0.25) is 5.91 Å². The van der Waals surface area contributed by atoms with Gasteiger partial charge in [-0.1, -0.05) is 17.7 Å². The van der Waals surface area contributed by atoms with Crippen LogP contribution in [0.1, 0.15) is 32.8 Å². The summed E-state index contributed by atoms with van der Waals surface area (Å²) in [6.07, 6.45) is 0.886. The van der Waals surface area contributed by atoms with Crippen molar-refractivity contribution >= 4 is 29.2 Å². The quantitative estimate of drug-likeness (QED) is 0.405. The van der Waals surface area contributed by atoms with Crippen molar-refractivity contribution in [3.05, 3.63) is 29.8 Å². The largest absolute Gasteiger partial charge is 0.335 e. The van der Waals surface area contributed by atoms with Crippen molar-refractivity contribution in [2.45, 2.75) is 34.1 Å². The fourth-order valence-electron chi connectivity index (χ4n) is 3.16. The summed E-state index contributed by atoms with van der Waals surface area (Å²) in [4.78, 5) is 44.3. The van der Waals surface area contributed by atoms with Crippen LogP contribution in [-0.2, 0) is 9.59 Å². The number of imide groups is 2. The molecule has 0 aliphatic carbocycles. The van der Waals surface area contributed by atoms with Crippen LogP contribution in [0.15, 0.2) is 29.3 Å². The highest BCUT2D eigenvalue weighted by atomic mass is 16.2. The average molecular weight is 373 g/mol. The van der Waals surface area contributed by atoms with Crippen molar-refractivity contribution in [1.29, 1.82) is 0 Å². The molecule has 0 radical (unpaired) electrons. The van der Waals surface area contributed by atoms with Crippen molar-refractivity contribution in [3.63, 3.8) is 0 Å². The SMILES string of the molecule is CC[NH+](CC)CCCN=C(C)C1C(=O)NC(=O)N(c2ccc(C)cc2)C1=O. The number of quaternary nitrogens is 1. The lowest BCUT2D eigenvalue weighted by Gasteiger charge is -2.30. The molecular formula is C20H29N4O3+. The smallest absolute Gasteiger partial charge is 0.335 e. The van der Waals surface area contributed by atoms with E-state index in [1.165, 1.54) is 4.90 Å². The highest BCUT2D eigenvalue weighted by Gasteiger charge is 2.42. The number of nitrogens with zero attached hydrogens (tertiary/aromatic N) is 2. The Morgan fingerprint density at radius 1 is 1.15 bits per heavy atom. The van der Waals surface area contributed by atoms with E-state index < -0.39 is 23.8 Å². The van der Waals surface area contributed by atoms with E-state index in [1.54, 1.807) is 19.1 Å². The maximum Gasteiger partial charge on any atom is 0.335 e. The van der Waals surface area contributed by atoms with E-state index in [0.29, 0.717) is 17.9 Å². The van der Waals surface area contributed by atoms with Crippen molar-refractivity contribution in [2.75, 3.05) is 31.1 Å². The van der Waals surface area contributed by atoms with Gasteiger partial charge in [0.15, 0.2) is 5.92 Å². The van der Waals surface area contributed by atoms with Crippen molar-refractivity contribution in [2.24, 2.45) is 10.9 Å². The molecule has 1 unspecified atom stereocenters. The maximum atomic E-state index is 12.9. The molecule has 7 nitrogen and oxygen atoms in total. The summed E-state index contributed by atoms with van der Waals surface area (Å²) in [5, 5.41) is 2.27. The Kier molecular flexibility index (Phi) is 7.24. The van der Waals surface area contributed by atoms with E-state index in [1.807, 2.05) is 19.1 Å². The number of carbonyl (C=O) groups excluding carboxylic acids is 3. The van der Waals surface area contributed by atoms with Crippen LogP contribution in [-0.4, -0.2) is 49.7 Å². The number of hydrogen-bond donors (Lipinski definition) is 2. The van der Waals surface area contributed by atoms with Crippen molar-refractivity contribution in [3.8, 4) is 0 Å². The fourth-order valence-corrected chi connectivity index (χ4v) is 3.16. The van der Waals surface area contributed by atoms with Gasteiger partial charge in [-0.2, -0.15) is 0 Å². The third-order valence-electron chi connectivity index (χ3n) is 4.92. The van der Waals surface area contributed by atoms with Gasteiger partial charge in [0.05, 0.1) is 25.3 Å². The molecule has 0 aromatic heterocycles. The topological polar surface area (TPSA) is 83.3 Å². The van der Waals surface area contributed by atoms with Crippen LogP contribution < -0.4 is 15.1 Å². The second kappa shape index (κ2) is 9.41. The molecule has 4 amide bonds. The summed E-state index contributed by atoms with van der Waals surface area (Å²) in [5.74, 6) is -2.22. The number of rotatable bonds is 8. The van der Waals surface area contributed by atoms with E-state index in [0.717, 1.165) is 36.5 Å². The fraction of sp³-hybridized carbons (Fsp3) is 0.500. The molecule has 27 heavy (non-hydrogen) atoms. The van der Waals surface area contributed by atoms with Crippen LogP contribution in [0.3, 0.4) is 0 Å². The molecule has 0 bridgehead atoms. The number of amides is 4. The molecule has 2 N–H and O–H groups in total. The lowest BCUT2D eigenvalue weighted by molar-refractivity contribution is -0.896. The summed E-state index contributed by atoms with van der Waals surface area (Å²) >= 11 is 0. The first-order valence-corrected chi connectivity index (χ1v) is 9.49. The second-order valence-electron chi connectivity index (χ2n) is 6.82. The number of aryl methyl sites for hydroxylation is 1. The minimum Gasteiger partial charge on any atom is -0.335 e. The van der Waals surface area contributed by atoms with Crippen molar-refractivity contribution < 1.29 is 19.3 Å². The molecule has 7 heteroatoms. The Bertz CT molecular complexity index is 723. The number of urea groups is 1. The molecule has 2 rings (SSSR count). The van der Waals surface area contributed by atoms with Crippen molar-refractivity contribution in [1.82, 2.24) is 5.32 Å². The van der Waals surface area contributed by atoms with Crippen LogP contribution in [0.5, 0.6) is 0 Å². The molecule has 1 heterocycles. The molecule has 0 saturated carbocycles. The van der Waals surface area contributed by atoms with Gasteiger partial charge >= 0.3 is 6.03 Å². The van der Waals surface area contributed by atoms with Gasteiger partial charge in [0, 0.05) is 18.7 Å². The number of aliphatic imine (C=N–C) groups is 1. The van der Waals surface area contributed by atoms with E-state index >= 15 is 0 Å². The predicted octanol–water partition coefficient (Wildman–Crippen LogP) is 0.970. The Labute approximate surface area is 160 Å². The van der Waals surface area contributed by atoms with Crippen LogP contribution in [0.4, 0.5) is 10.5 Å². The summed E-state index contributed by atoms with van der Waals surface area (Å²) in [6, 6.07) is 6.30. The summed E-state index contributed by atoms with van der Waals surface area (Å²) in [6.45, 7) is 11.6. The van der Waals surface area contributed by atoms with Gasteiger partial charge in [-0.05, 0) is 39.8 Å². The molecule has 1 aromatic carbocycles. The minimum absolute atomic E-state index is 0.441. The van der Waals surface area contributed by atoms with Gasteiger partial charge in [-0.25, -0.2) is 9.69 Å². The molecular weight excluding hydrogens is 344 g/mol. The minimum atomic E-state index is -1.06. The number of carbonyl (C=O) groups is 3. The van der Waals surface area contributed by atoms with E-state index in [2.05, 4.69) is 24.2 Å². The zero-order chi connectivity index (χ0) is 20.0. The molecule has 1 saturated heterocycles. The summed E-state index contributed by atoms with van der Waals surface area (Å²) in [7, 11) is 0. The number of barbiturate groups is 1. The van der Waals surface area contributed by atoms with Gasteiger partial charge in [-0.3, -0.25) is 19.9 Å². The van der Waals surface area contributed by atoms with Gasteiger partial charge in [0.25, 0.3) is 5.91 Å². The lowest BCUT2D eigenvalue weighted by Crippen LogP contribution is -3.11. The average Bonchev–Trinajstić information content (AvgIpc) is 2.63. The lowest BCUT2D eigenvalue weighted by atomic mass is 9.99. The monoisotopic (exact) mass is 373 g/mol. The number of anilines is 1. The molecule has 1 fully saturated rings. The first-order chi connectivity index (χ1) is 12.9. The maximum absolute atomic E-state index is 12.9. The molecule has 146 valence electrons. The zero-order valence-corrected chi connectivity index (χ0v) is 16.5. The standard InChI is InChI=1S/C20H28N4O3/c1-5-23(6-2)13-7-12-21-15(4)17-18(25)22-20(27)24(19(17)26)16-10-8-14(3)9-11-16/h8-11,17H,5-7,12-13H2,1-4H3,(H,22,25,27)/p+1. The molecule has 1 aliphatic heterocycles. The molecule has 0 spiro atoms. The van der Waals surface area contributed by atoms with Gasteiger partial charge in [0.1, 0.15) is 0 Å². The van der Waals surface area contributed by atoms with Gasteiger partial charge in [-0.15, -0.1) is 0 Å². The number of hydrogen-bond acceptors (Lipinski definition) is 4. The first-order valence-electron chi connectivity index (χ1n) is 9.49. The molecule has 1 aromatic rings. The number of nitrogens with one attached hydrogen (secondary N) is 2. The Morgan fingerprint density at radius 2 is 1.78 bits per heavy atom. The third-order valence-corrected chi connectivity index (χ3v) is 4.92. The predicted molar refractivity (Wildman–Crippen MR) is 105 cm³/mol. The van der Waals surface area contributed by atoms with Gasteiger partial charge < -0.3 is 4.90 Å². The Balaban J connectivity index is 2.11. The second-order valence-corrected chi connectivity index (χ2v) is 6.82. The van der Waals surface area contributed by atoms with Crippen LogP contribution >= 0.6 is 0 Å². The first kappa shape index (κ1) is 20.8. The van der Waals surface area contributed by atoms with E-state index in [-0.39, 0.29) is 0 Å². The number of benzene rings is 1. The highest BCUT2D eigenvalue weighted by Crippen LogP contribution is 2.22. The summed E-state index contributed by atoms with van der Waals surface area (Å²) < 4.78 is 0. The Hall–Kier alpha value is -2.54. The summed E-state index contributed by atoms with van der Waals surface area (Å²) in [5.41, 5.74) is 1.90. The Morgan fingerprint density at radius 3 is 2.37 bits per heavy atom. The van der Waals surface area contributed by atoms with Crippen LogP contribution in [0, 0.1) is 12.8 Å². The van der Waals surface area contributed by atoms with E-state index in [4.69, 9.17) is 0 Å². The third kappa shape index (κ3) is 5.01. The molecule has 1 aliphatic rings. The van der Waals surface area contributed by atoms with E-state index in [9.17, 15) is 14.4 Å². The van der Waals surface area contributed by atoms with Crippen LogP contribution in [0.2, 0.25) is 0 Å². The zero-order valence-electron chi connectivity index (χ0n) is 16.5. The normalized spacial score (nSPS) is 18.3. The van der Waals surface area contributed by atoms with Crippen LogP contribution in [0.25, 0.3) is 0 Å². The molecule has 1 atom stereocenters.